The number of ether oxygens (including phenoxy) is 2. The van der Waals surface area contributed by atoms with Crippen LogP contribution in [0.15, 0.2) is 24.3 Å². The highest BCUT2D eigenvalue weighted by atomic mass is 16.6. The van der Waals surface area contributed by atoms with Gasteiger partial charge in [-0.2, -0.15) is 0 Å². The highest BCUT2D eigenvalue weighted by molar-refractivity contribution is 6.01. The Bertz CT molecular complexity index is 750. The van der Waals surface area contributed by atoms with E-state index in [1.54, 1.807) is 58.9 Å². The molecule has 1 aromatic carbocycles. The molecule has 8 nitrogen and oxygen atoms in total. The van der Waals surface area contributed by atoms with Gasteiger partial charge < -0.3 is 20.1 Å². The summed E-state index contributed by atoms with van der Waals surface area (Å²) in [5.41, 5.74) is 0.383. The molecular formula is C22H32N2O6. The van der Waals surface area contributed by atoms with Crippen molar-refractivity contribution in [1.29, 1.82) is 0 Å². The summed E-state index contributed by atoms with van der Waals surface area (Å²) < 4.78 is 10.3. The van der Waals surface area contributed by atoms with Gasteiger partial charge >= 0.3 is 12.1 Å². The molecule has 166 valence electrons. The molecule has 2 amide bonds. The van der Waals surface area contributed by atoms with Crippen LogP contribution in [0, 0.1) is 5.92 Å². The minimum atomic E-state index is -0.938. The molecule has 2 N–H and O–H groups in total. The van der Waals surface area contributed by atoms with Crippen molar-refractivity contribution in [2.45, 2.75) is 66.1 Å². The average Bonchev–Trinajstić information content (AvgIpc) is 2.63. The number of carbonyl (C=O) groups is 4. The molecule has 0 fully saturated rings. The van der Waals surface area contributed by atoms with Crippen LogP contribution in [0.25, 0.3) is 0 Å². The Morgan fingerprint density at radius 1 is 1.00 bits per heavy atom. The normalized spacial score (nSPS) is 12.1. The maximum absolute atomic E-state index is 12.4. The van der Waals surface area contributed by atoms with Gasteiger partial charge in [-0.1, -0.05) is 13.8 Å². The van der Waals surface area contributed by atoms with Crippen LogP contribution in [0.3, 0.4) is 0 Å². The zero-order valence-corrected chi connectivity index (χ0v) is 18.5. The van der Waals surface area contributed by atoms with E-state index in [1.807, 2.05) is 0 Å². The fourth-order valence-electron chi connectivity index (χ4n) is 2.29. The van der Waals surface area contributed by atoms with Crippen LogP contribution in [0.2, 0.25) is 0 Å². The molecule has 0 aromatic heterocycles. The zero-order valence-electron chi connectivity index (χ0n) is 18.5. The molecule has 1 aromatic rings. The summed E-state index contributed by atoms with van der Waals surface area (Å²) in [6.07, 6.45) is -1.06. The third kappa shape index (κ3) is 9.54. The van der Waals surface area contributed by atoms with Crippen molar-refractivity contribution < 1.29 is 28.7 Å². The van der Waals surface area contributed by atoms with Crippen molar-refractivity contribution in [3.8, 4) is 0 Å². The first-order chi connectivity index (χ1) is 13.9. The molecule has 30 heavy (non-hydrogen) atoms. The smallest absolute Gasteiger partial charge is 0.407 e. The molecule has 0 spiro atoms. The molecule has 0 unspecified atom stereocenters. The molecule has 0 aliphatic heterocycles. The van der Waals surface area contributed by atoms with Gasteiger partial charge in [0.15, 0.2) is 6.10 Å². The van der Waals surface area contributed by atoms with Crippen LogP contribution in [0.1, 0.15) is 64.7 Å². The molecule has 0 radical (unpaired) electrons. The van der Waals surface area contributed by atoms with Crippen molar-refractivity contribution in [1.82, 2.24) is 5.32 Å². The number of carbonyl (C=O) groups excluding carboxylic acids is 4. The number of benzene rings is 1. The molecule has 8 heteroatoms. The number of alkyl carbamates (subject to hydrolysis) is 1. The highest BCUT2D eigenvalue weighted by Crippen LogP contribution is 2.14. The topological polar surface area (TPSA) is 111 Å². The van der Waals surface area contributed by atoms with E-state index in [0.717, 1.165) is 0 Å². The van der Waals surface area contributed by atoms with Gasteiger partial charge in [0.25, 0.3) is 0 Å². The van der Waals surface area contributed by atoms with E-state index in [9.17, 15) is 19.2 Å². The Labute approximate surface area is 177 Å². The molecule has 1 atom stereocenters. The van der Waals surface area contributed by atoms with Gasteiger partial charge in [-0.05, 0) is 58.4 Å². The second kappa shape index (κ2) is 11.3. The quantitative estimate of drug-likeness (QED) is 0.358. The lowest BCUT2D eigenvalue weighted by Crippen LogP contribution is -2.33. The number of hydrogen-bond donors (Lipinski definition) is 2. The van der Waals surface area contributed by atoms with Gasteiger partial charge in [-0.25, -0.2) is 4.79 Å². The van der Waals surface area contributed by atoms with Crippen molar-refractivity contribution in [2.75, 3.05) is 11.9 Å². The summed E-state index contributed by atoms with van der Waals surface area (Å²) >= 11 is 0. The van der Waals surface area contributed by atoms with Crippen LogP contribution < -0.4 is 10.6 Å². The van der Waals surface area contributed by atoms with Gasteiger partial charge in [0.1, 0.15) is 5.60 Å². The standard InChI is InChI=1S/C22H32N2O6/c1-14(2)20(27)24-17-11-9-16(10-12-17)19(26)15(3)29-18(25)8-7-13-23-21(28)30-22(4,5)6/h9-12,14-15H,7-8,13H2,1-6H3,(H,23,28)(H,24,27)/t15-/m1/s1. The van der Waals surface area contributed by atoms with Gasteiger partial charge in [0, 0.05) is 30.1 Å². The molecule has 0 saturated heterocycles. The van der Waals surface area contributed by atoms with E-state index in [-0.39, 0.29) is 30.6 Å². The third-order valence-electron chi connectivity index (χ3n) is 3.86. The maximum atomic E-state index is 12.4. The highest BCUT2D eigenvalue weighted by Gasteiger charge is 2.20. The molecule has 0 aliphatic rings. The van der Waals surface area contributed by atoms with Gasteiger partial charge in [0.05, 0.1) is 0 Å². The van der Waals surface area contributed by atoms with Crippen LogP contribution in [0.5, 0.6) is 0 Å². The van der Waals surface area contributed by atoms with Crippen LogP contribution in [0.4, 0.5) is 10.5 Å². The van der Waals surface area contributed by atoms with Gasteiger partial charge in [0.2, 0.25) is 11.7 Å². The first kappa shape index (κ1) is 25.1. The van der Waals surface area contributed by atoms with Crippen molar-refractivity contribution in [2.24, 2.45) is 5.92 Å². The second-order valence-electron chi connectivity index (χ2n) is 8.25. The predicted octanol–water partition coefficient (Wildman–Crippen LogP) is 3.70. The number of hydrogen-bond acceptors (Lipinski definition) is 6. The van der Waals surface area contributed by atoms with E-state index < -0.39 is 23.8 Å². The number of rotatable bonds is 9. The summed E-state index contributed by atoms with van der Waals surface area (Å²) in [4.78, 5) is 47.6. The first-order valence-electron chi connectivity index (χ1n) is 10.0. The lowest BCUT2D eigenvalue weighted by Gasteiger charge is -2.19. The molecule has 0 aliphatic carbocycles. The molecule has 0 bridgehead atoms. The number of amides is 2. The summed E-state index contributed by atoms with van der Waals surface area (Å²) in [6, 6.07) is 6.41. The van der Waals surface area contributed by atoms with Gasteiger partial charge in [-0.3, -0.25) is 14.4 Å². The minimum absolute atomic E-state index is 0.0631. The number of anilines is 1. The van der Waals surface area contributed by atoms with E-state index in [1.165, 1.54) is 6.92 Å². The van der Waals surface area contributed by atoms with E-state index in [2.05, 4.69) is 10.6 Å². The monoisotopic (exact) mass is 420 g/mol. The largest absolute Gasteiger partial charge is 0.454 e. The minimum Gasteiger partial charge on any atom is -0.454 e. The summed E-state index contributed by atoms with van der Waals surface area (Å²) in [5.74, 6) is -1.12. The molecule has 0 saturated carbocycles. The van der Waals surface area contributed by atoms with E-state index in [4.69, 9.17) is 9.47 Å². The Morgan fingerprint density at radius 2 is 1.60 bits per heavy atom. The van der Waals surface area contributed by atoms with Crippen LogP contribution >= 0.6 is 0 Å². The third-order valence-corrected chi connectivity index (χ3v) is 3.86. The molecule has 1 rings (SSSR count). The van der Waals surface area contributed by atoms with Crippen LogP contribution in [-0.4, -0.2) is 42.0 Å². The Morgan fingerprint density at radius 3 is 2.13 bits per heavy atom. The fraction of sp³-hybridized carbons (Fsp3) is 0.545. The first-order valence-corrected chi connectivity index (χ1v) is 10.0. The summed E-state index contributed by atoms with van der Waals surface area (Å²) in [7, 11) is 0. The fourth-order valence-corrected chi connectivity index (χ4v) is 2.29. The lowest BCUT2D eigenvalue weighted by atomic mass is 10.1. The number of nitrogens with one attached hydrogen (secondary N) is 2. The van der Waals surface area contributed by atoms with Gasteiger partial charge in [-0.15, -0.1) is 0 Å². The number of ketones is 1. The summed E-state index contributed by atoms with van der Waals surface area (Å²) in [6.45, 7) is 10.6. The SMILES string of the molecule is CC(C)C(=O)Nc1ccc(C(=O)[C@@H](C)OC(=O)CCCNC(=O)OC(C)(C)C)cc1. The Kier molecular flexibility index (Phi) is 9.49. The number of esters is 1. The van der Waals surface area contributed by atoms with Crippen molar-refractivity contribution >= 4 is 29.4 Å². The van der Waals surface area contributed by atoms with E-state index in [0.29, 0.717) is 17.7 Å². The predicted molar refractivity (Wildman–Crippen MR) is 113 cm³/mol. The zero-order chi connectivity index (χ0) is 22.9. The van der Waals surface area contributed by atoms with E-state index >= 15 is 0 Å². The lowest BCUT2D eigenvalue weighted by molar-refractivity contribution is -0.146. The average molecular weight is 421 g/mol. The van der Waals surface area contributed by atoms with Crippen molar-refractivity contribution in [3.63, 3.8) is 0 Å². The summed E-state index contributed by atoms with van der Waals surface area (Å²) in [5, 5.41) is 5.30. The van der Waals surface area contributed by atoms with Crippen LogP contribution in [-0.2, 0) is 19.1 Å². The Balaban J connectivity index is 2.41. The maximum Gasteiger partial charge on any atom is 0.407 e. The second-order valence-corrected chi connectivity index (χ2v) is 8.25. The molecule has 0 heterocycles. The van der Waals surface area contributed by atoms with Crippen molar-refractivity contribution in [3.05, 3.63) is 29.8 Å². The Hall–Kier alpha value is -2.90. The molecular weight excluding hydrogens is 388 g/mol. The number of Topliss-reactive ketones (excluding diaryl/α,β-unsaturated/α-hetero) is 1.